The van der Waals surface area contributed by atoms with E-state index in [2.05, 4.69) is 34.7 Å². The third kappa shape index (κ3) is 3.87. The normalized spacial score (nSPS) is 27.9. The highest BCUT2D eigenvalue weighted by atomic mass is 16.5. The lowest BCUT2D eigenvalue weighted by Crippen LogP contribution is -2.42. The second-order valence-electron chi connectivity index (χ2n) is 7.76. The van der Waals surface area contributed by atoms with E-state index in [1.807, 2.05) is 25.3 Å². The summed E-state index contributed by atoms with van der Waals surface area (Å²) >= 11 is 0. The molecule has 0 aliphatic carbocycles. The van der Waals surface area contributed by atoms with Crippen LogP contribution in [0.2, 0.25) is 0 Å². The third-order valence-corrected chi connectivity index (χ3v) is 5.82. The lowest BCUT2D eigenvalue weighted by molar-refractivity contribution is -0.157. The molecule has 2 fully saturated rings. The molecule has 2 atom stereocenters. The summed E-state index contributed by atoms with van der Waals surface area (Å²) < 4.78 is 5.53. The number of fused-ring (bicyclic) bond motifs is 1. The maximum Gasteiger partial charge on any atom is 0.313 e. The molecule has 1 aromatic heterocycles. The average molecular weight is 345 g/mol. The van der Waals surface area contributed by atoms with Crippen LogP contribution in [0.3, 0.4) is 0 Å². The molecule has 138 valence electrons. The van der Waals surface area contributed by atoms with Crippen molar-refractivity contribution >= 4 is 5.97 Å². The number of hydrogen-bond acceptors (Lipinski definition) is 5. The first-order valence-corrected chi connectivity index (χ1v) is 9.58. The molecule has 3 heterocycles. The summed E-state index contributed by atoms with van der Waals surface area (Å²) in [5.74, 6) is 0.350. The Bertz CT molecular complexity index is 578. The molecule has 0 radical (unpaired) electrons. The fraction of sp³-hybridized carbons (Fsp3) is 0.700. The summed E-state index contributed by atoms with van der Waals surface area (Å²) in [4.78, 5) is 22.3. The van der Waals surface area contributed by atoms with Crippen molar-refractivity contribution in [2.45, 2.75) is 46.2 Å². The van der Waals surface area contributed by atoms with E-state index < -0.39 is 0 Å². The average Bonchev–Trinajstić information content (AvgIpc) is 2.87. The van der Waals surface area contributed by atoms with Crippen LogP contribution in [0.4, 0.5) is 0 Å². The Morgan fingerprint density at radius 3 is 2.92 bits per heavy atom. The molecular weight excluding hydrogens is 314 g/mol. The Hall–Kier alpha value is -1.46. The van der Waals surface area contributed by atoms with Gasteiger partial charge < -0.3 is 4.74 Å². The first kappa shape index (κ1) is 18.3. The number of esters is 1. The Balaban J connectivity index is 1.79. The number of nitrogens with zero attached hydrogens (tertiary/aromatic N) is 3. The Labute approximate surface area is 151 Å². The third-order valence-electron chi connectivity index (χ3n) is 5.82. The van der Waals surface area contributed by atoms with Crippen molar-refractivity contribution in [3.8, 4) is 0 Å². The standard InChI is InChI=1S/C20H31N3O2/c1-4-25-19(24)20-9-7-11-22(14-18-8-5-6-10-21-18)12-17(20)13-23(15-20)16(2)3/h5-6,8,10,16-17H,4,7,9,11-15H2,1-3H3/t17-,20-/m0/s1. The van der Waals surface area contributed by atoms with Crippen LogP contribution in [0.1, 0.15) is 39.3 Å². The molecule has 0 aromatic carbocycles. The minimum atomic E-state index is -0.334. The summed E-state index contributed by atoms with van der Waals surface area (Å²) in [5, 5.41) is 0. The molecule has 0 spiro atoms. The smallest absolute Gasteiger partial charge is 0.313 e. The summed E-state index contributed by atoms with van der Waals surface area (Å²) in [7, 11) is 0. The molecule has 5 nitrogen and oxygen atoms in total. The van der Waals surface area contributed by atoms with Gasteiger partial charge in [-0.3, -0.25) is 19.6 Å². The van der Waals surface area contributed by atoms with E-state index in [9.17, 15) is 4.79 Å². The van der Waals surface area contributed by atoms with Gasteiger partial charge in [0.25, 0.3) is 0 Å². The van der Waals surface area contributed by atoms with Gasteiger partial charge in [0, 0.05) is 44.3 Å². The molecule has 0 amide bonds. The van der Waals surface area contributed by atoms with Gasteiger partial charge in [-0.1, -0.05) is 6.07 Å². The molecule has 5 heteroatoms. The van der Waals surface area contributed by atoms with Crippen LogP contribution in [0, 0.1) is 11.3 Å². The van der Waals surface area contributed by atoms with Crippen molar-refractivity contribution < 1.29 is 9.53 Å². The Morgan fingerprint density at radius 2 is 2.24 bits per heavy atom. The fourth-order valence-corrected chi connectivity index (χ4v) is 4.42. The summed E-state index contributed by atoms with van der Waals surface area (Å²) in [6, 6.07) is 6.54. The quantitative estimate of drug-likeness (QED) is 0.768. The number of hydrogen-bond donors (Lipinski definition) is 0. The van der Waals surface area contributed by atoms with Gasteiger partial charge in [-0.2, -0.15) is 0 Å². The Kier molecular flexibility index (Phi) is 5.74. The fourth-order valence-electron chi connectivity index (χ4n) is 4.42. The second kappa shape index (κ2) is 7.83. The predicted molar refractivity (Wildman–Crippen MR) is 98.0 cm³/mol. The van der Waals surface area contributed by atoms with Crippen LogP contribution >= 0.6 is 0 Å². The number of carbonyl (C=O) groups is 1. The maximum absolute atomic E-state index is 12.9. The zero-order valence-corrected chi connectivity index (χ0v) is 15.8. The number of likely N-dealkylation sites (tertiary alicyclic amines) is 2. The lowest BCUT2D eigenvalue weighted by atomic mass is 9.75. The highest BCUT2D eigenvalue weighted by molar-refractivity contribution is 5.78. The van der Waals surface area contributed by atoms with Crippen molar-refractivity contribution in [1.82, 2.24) is 14.8 Å². The topological polar surface area (TPSA) is 45.7 Å². The molecule has 1 aromatic rings. The van der Waals surface area contributed by atoms with Crippen LogP contribution < -0.4 is 0 Å². The number of ether oxygens (including phenoxy) is 1. The van der Waals surface area contributed by atoms with E-state index in [-0.39, 0.29) is 11.4 Å². The van der Waals surface area contributed by atoms with E-state index >= 15 is 0 Å². The van der Waals surface area contributed by atoms with E-state index in [4.69, 9.17) is 4.74 Å². The maximum atomic E-state index is 12.9. The molecule has 0 bridgehead atoms. The van der Waals surface area contributed by atoms with Crippen molar-refractivity contribution in [3.63, 3.8) is 0 Å². The van der Waals surface area contributed by atoms with Gasteiger partial charge in [-0.15, -0.1) is 0 Å². The highest BCUT2D eigenvalue weighted by Gasteiger charge is 2.54. The zero-order valence-electron chi connectivity index (χ0n) is 15.8. The van der Waals surface area contributed by atoms with Crippen LogP contribution in [-0.4, -0.2) is 59.6 Å². The van der Waals surface area contributed by atoms with Gasteiger partial charge in [0.1, 0.15) is 0 Å². The van der Waals surface area contributed by atoms with Crippen molar-refractivity contribution in [2.24, 2.45) is 11.3 Å². The van der Waals surface area contributed by atoms with E-state index in [0.717, 1.165) is 51.3 Å². The van der Waals surface area contributed by atoms with Gasteiger partial charge in [0.15, 0.2) is 0 Å². The van der Waals surface area contributed by atoms with Crippen molar-refractivity contribution in [3.05, 3.63) is 30.1 Å². The molecule has 0 N–H and O–H groups in total. The summed E-state index contributed by atoms with van der Waals surface area (Å²) in [6.45, 7) is 11.5. The first-order valence-electron chi connectivity index (χ1n) is 9.58. The number of aromatic nitrogens is 1. The molecule has 3 rings (SSSR count). The SMILES string of the molecule is CCOC(=O)[C@]12CCCN(Cc3ccccn3)C[C@H]1CN(C(C)C)C2. The molecule has 2 saturated heterocycles. The summed E-state index contributed by atoms with van der Waals surface area (Å²) in [5.41, 5.74) is 0.768. The van der Waals surface area contributed by atoms with E-state index in [0.29, 0.717) is 18.6 Å². The lowest BCUT2D eigenvalue weighted by Gasteiger charge is -2.31. The first-order chi connectivity index (χ1) is 12.0. The van der Waals surface area contributed by atoms with Gasteiger partial charge >= 0.3 is 5.97 Å². The molecule has 0 saturated carbocycles. The second-order valence-corrected chi connectivity index (χ2v) is 7.76. The van der Waals surface area contributed by atoms with E-state index in [1.54, 1.807) is 0 Å². The molecule has 2 aliphatic heterocycles. The number of pyridine rings is 1. The van der Waals surface area contributed by atoms with Gasteiger partial charge in [-0.25, -0.2) is 0 Å². The van der Waals surface area contributed by atoms with Gasteiger partial charge in [0.05, 0.1) is 17.7 Å². The van der Waals surface area contributed by atoms with Crippen LogP contribution in [-0.2, 0) is 16.1 Å². The molecular formula is C20H31N3O2. The minimum absolute atomic E-state index is 0.0165. The van der Waals surface area contributed by atoms with Crippen LogP contribution in [0.5, 0.6) is 0 Å². The minimum Gasteiger partial charge on any atom is -0.466 e. The largest absolute Gasteiger partial charge is 0.466 e. The van der Waals surface area contributed by atoms with E-state index in [1.165, 1.54) is 0 Å². The van der Waals surface area contributed by atoms with Gasteiger partial charge in [0.2, 0.25) is 0 Å². The predicted octanol–water partition coefficient (Wildman–Crippen LogP) is 2.57. The molecule has 25 heavy (non-hydrogen) atoms. The number of rotatable bonds is 5. The van der Waals surface area contributed by atoms with Gasteiger partial charge in [-0.05, 0) is 52.3 Å². The number of carbonyl (C=O) groups excluding carboxylic acids is 1. The summed E-state index contributed by atoms with van der Waals surface area (Å²) in [6.07, 6.45) is 3.82. The van der Waals surface area contributed by atoms with Crippen molar-refractivity contribution in [2.75, 3.05) is 32.8 Å². The zero-order chi connectivity index (χ0) is 17.9. The van der Waals surface area contributed by atoms with Crippen molar-refractivity contribution in [1.29, 1.82) is 0 Å². The monoisotopic (exact) mass is 345 g/mol. The highest BCUT2D eigenvalue weighted by Crippen LogP contribution is 2.44. The van der Waals surface area contributed by atoms with Crippen LogP contribution in [0.15, 0.2) is 24.4 Å². The molecule has 0 unspecified atom stereocenters. The Morgan fingerprint density at radius 1 is 1.40 bits per heavy atom. The van der Waals surface area contributed by atoms with Crippen LogP contribution in [0.25, 0.3) is 0 Å². The molecule has 2 aliphatic rings.